The van der Waals surface area contributed by atoms with Gasteiger partial charge in [-0.2, -0.15) is 0 Å². The molecule has 3 nitrogen and oxygen atoms in total. The molecule has 0 radical (unpaired) electrons. The first-order valence-electron chi connectivity index (χ1n) is 5.47. The van der Waals surface area contributed by atoms with E-state index in [1.54, 1.807) is 6.07 Å². The number of anilines is 2. The number of pyridine rings is 1. The summed E-state index contributed by atoms with van der Waals surface area (Å²) >= 11 is 11.8. The lowest BCUT2D eigenvalue weighted by Crippen LogP contribution is -2.04. The maximum atomic E-state index is 6.03. The Morgan fingerprint density at radius 2 is 1.83 bits per heavy atom. The van der Waals surface area contributed by atoms with Crippen molar-refractivity contribution in [3.05, 3.63) is 51.5 Å². The minimum atomic E-state index is 0.271. The van der Waals surface area contributed by atoms with Crippen LogP contribution in [0.2, 0.25) is 10.0 Å². The maximum absolute atomic E-state index is 6.03. The topological polar surface area (TPSA) is 50.9 Å². The normalized spacial score (nSPS) is 10.4. The Kier molecular flexibility index (Phi) is 3.94. The Bertz CT molecular complexity index is 553. The lowest BCUT2D eigenvalue weighted by Gasteiger charge is -2.09. The van der Waals surface area contributed by atoms with Crippen LogP contribution < -0.4 is 11.1 Å². The van der Waals surface area contributed by atoms with Crippen LogP contribution in [-0.2, 0) is 6.54 Å². The molecule has 0 saturated carbocycles. The molecule has 0 saturated heterocycles. The van der Waals surface area contributed by atoms with E-state index in [0.717, 1.165) is 5.56 Å². The molecule has 0 aliphatic carbocycles. The summed E-state index contributed by atoms with van der Waals surface area (Å²) in [5.74, 6) is 0.812. The Morgan fingerprint density at radius 1 is 1.17 bits per heavy atom. The standard InChI is InChI=1S/C13H13Cl2N3/c1-8-2-4-9(5-3-8)7-17-13-11(15)6-10(14)12(16)18-13/h2-6H,7H2,1H3,(H3,16,17,18). The number of nitrogens with zero attached hydrogens (tertiary/aromatic N) is 1. The zero-order valence-electron chi connectivity index (χ0n) is 9.87. The number of nitrogen functional groups attached to an aromatic ring is 1. The van der Waals surface area contributed by atoms with Crippen molar-refractivity contribution in [2.24, 2.45) is 0 Å². The van der Waals surface area contributed by atoms with E-state index < -0.39 is 0 Å². The predicted molar refractivity (Wildman–Crippen MR) is 77.2 cm³/mol. The number of benzene rings is 1. The number of nitrogens with one attached hydrogen (secondary N) is 1. The summed E-state index contributed by atoms with van der Waals surface area (Å²) in [6, 6.07) is 9.80. The number of nitrogens with two attached hydrogens (primary N) is 1. The SMILES string of the molecule is Cc1ccc(CNc2nc(N)c(Cl)cc2Cl)cc1. The molecule has 0 spiro atoms. The molecule has 0 bridgehead atoms. The van der Waals surface area contributed by atoms with Gasteiger partial charge in [0.05, 0.1) is 10.0 Å². The fourth-order valence-electron chi connectivity index (χ4n) is 1.50. The van der Waals surface area contributed by atoms with Gasteiger partial charge < -0.3 is 11.1 Å². The van der Waals surface area contributed by atoms with Gasteiger partial charge in [0.1, 0.15) is 11.6 Å². The van der Waals surface area contributed by atoms with Gasteiger partial charge in [-0.05, 0) is 18.6 Å². The number of halogens is 2. The first-order valence-corrected chi connectivity index (χ1v) is 6.23. The van der Waals surface area contributed by atoms with E-state index in [0.29, 0.717) is 22.4 Å². The Hall–Kier alpha value is -1.45. The minimum absolute atomic E-state index is 0.271. The fraction of sp³-hybridized carbons (Fsp3) is 0.154. The van der Waals surface area contributed by atoms with E-state index in [-0.39, 0.29) is 5.82 Å². The first kappa shape index (κ1) is 13.0. The van der Waals surface area contributed by atoms with Crippen molar-refractivity contribution in [2.45, 2.75) is 13.5 Å². The first-order chi connectivity index (χ1) is 8.56. The fourth-order valence-corrected chi connectivity index (χ4v) is 1.92. The molecule has 5 heteroatoms. The smallest absolute Gasteiger partial charge is 0.147 e. The number of rotatable bonds is 3. The molecule has 0 fully saturated rings. The van der Waals surface area contributed by atoms with Gasteiger partial charge in [-0.3, -0.25) is 0 Å². The molecule has 2 aromatic rings. The quantitative estimate of drug-likeness (QED) is 0.897. The summed E-state index contributed by atoms with van der Waals surface area (Å²) in [4.78, 5) is 4.11. The van der Waals surface area contributed by atoms with E-state index in [4.69, 9.17) is 28.9 Å². The lowest BCUT2D eigenvalue weighted by molar-refractivity contribution is 1.11. The van der Waals surface area contributed by atoms with Gasteiger partial charge in [0.2, 0.25) is 0 Å². The molecule has 0 aliphatic heterocycles. The molecule has 2 rings (SSSR count). The average Bonchev–Trinajstić information content (AvgIpc) is 2.34. The Labute approximate surface area is 116 Å². The summed E-state index contributed by atoms with van der Waals surface area (Å²) in [7, 11) is 0. The number of hydrogen-bond acceptors (Lipinski definition) is 3. The molecule has 18 heavy (non-hydrogen) atoms. The van der Waals surface area contributed by atoms with Gasteiger partial charge in [0.15, 0.2) is 0 Å². The van der Waals surface area contributed by atoms with Gasteiger partial charge in [-0.1, -0.05) is 53.0 Å². The van der Waals surface area contributed by atoms with Crippen LogP contribution in [0.5, 0.6) is 0 Å². The highest BCUT2D eigenvalue weighted by Crippen LogP contribution is 2.27. The van der Waals surface area contributed by atoms with Crippen molar-refractivity contribution in [1.29, 1.82) is 0 Å². The third-order valence-corrected chi connectivity index (χ3v) is 3.13. The largest absolute Gasteiger partial charge is 0.382 e. The molecule has 0 aliphatic rings. The Balaban J connectivity index is 2.10. The average molecular weight is 282 g/mol. The van der Waals surface area contributed by atoms with E-state index >= 15 is 0 Å². The highest BCUT2D eigenvalue weighted by molar-refractivity contribution is 6.37. The molecule has 0 unspecified atom stereocenters. The van der Waals surface area contributed by atoms with E-state index in [2.05, 4.69) is 41.5 Å². The third kappa shape index (κ3) is 3.06. The molecular formula is C13H13Cl2N3. The zero-order valence-corrected chi connectivity index (χ0v) is 11.4. The highest BCUT2D eigenvalue weighted by Gasteiger charge is 2.06. The molecule has 94 valence electrons. The van der Waals surface area contributed by atoms with Crippen LogP contribution in [-0.4, -0.2) is 4.98 Å². The minimum Gasteiger partial charge on any atom is -0.382 e. The van der Waals surface area contributed by atoms with Crippen LogP contribution >= 0.6 is 23.2 Å². The highest BCUT2D eigenvalue weighted by atomic mass is 35.5. The molecule has 1 aromatic heterocycles. The van der Waals surface area contributed by atoms with Crippen LogP contribution in [0, 0.1) is 6.92 Å². The number of aromatic nitrogens is 1. The monoisotopic (exact) mass is 281 g/mol. The van der Waals surface area contributed by atoms with Crippen LogP contribution in [0.1, 0.15) is 11.1 Å². The van der Waals surface area contributed by atoms with Gasteiger partial charge in [-0.15, -0.1) is 0 Å². The van der Waals surface area contributed by atoms with Crippen molar-refractivity contribution >= 4 is 34.8 Å². The molecule has 0 atom stereocenters. The van der Waals surface area contributed by atoms with Crippen molar-refractivity contribution in [3.8, 4) is 0 Å². The van der Waals surface area contributed by atoms with Crippen molar-refractivity contribution in [2.75, 3.05) is 11.1 Å². The van der Waals surface area contributed by atoms with Crippen molar-refractivity contribution in [1.82, 2.24) is 4.98 Å². The van der Waals surface area contributed by atoms with E-state index in [1.165, 1.54) is 5.56 Å². The molecule has 3 N–H and O–H groups in total. The summed E-state index contributed by atoms with van der Waals surface area (Å²) in [5.41, 5.74) is 8.01. The zero-order chi connectivity index (χ0) is 13.1. The second-order valence-electron chi connectivity index (χ2n) is 4.03. The van der Waals surface area contributed by atoms with E-state index in [9.17, 15) is 0 Å². The van der Waals surface area contributed by atoms with Gasteiger partial charge in [0, 0.05) is 6.54 Å². The van der Waals surface area contributed by atoms with Crippen LogP contribution in [0.25, 0.3) is 0 Å². The molecule has 0 amide bonds. The molecule has 1 aromatic carbocycles. The number of aryl methyl sites for hydroxylation is 1. The third-order valence-electron chi connectivity index (χ3n) is 2.54. The van der Waals surface area contributed by atoms with Crippen LogP contribution in [0.15, 0.2) is 30.3 Å². The lowest BCUT2D eigenvalue weighted by atomic mass is 10.1. The van der Waals surface area contributed by atoms with Crippen molar-refractivity contribution in [3.63, 3.8) is 0 Å². The van der Waals surface area contributed by atoms with Gasteiger partial charge >= 0.3 is 0 Å². The van der Waals surface area contributed by atoms with Gasteiger partial charge in [-0.25, -0.2) is 4.98 Å². The predicted octanol–water partition coefficient (Wildman–Crippen LogP) is 3.89. The molecule has 1 heterocycles. The van der Waals surface area contributed by atoms with Crippen LogP contribution in [0.4, 0.5) is 11.6 Å². The number of hydrogen-bond donors (Lipinski definition) is 2. The van der Waals surface area contributed by atoms with E-state index in [1.807, 2.05) is 0 Å². The summed E-state index contributed by atoms with van der Waals surface area (Å²) in [6.45, 7) is 2.68. The van der Waals surface area contributed by atoms with Crippen molar-refractivity contribution < 1.29 is 0 Å². The summed E-state index contributed by atoms with van der Waals surface area (Å²) in [6.07, 6.45) is 0. The second-order valence-corrected chi connectivity index (χ2v) is 4.84. The summed E-state index contributed by atoms with van der Waals surface area (Å²) in [5, 5.41) is 3.96. The molecular weight excluding hydrogens is 269 g/mol. The van der Waals surface area contributed by atoms with Crippen LogP contribution in [0.3, 0.4) is 0 Å². The summed E-state index contributed by atoms with van der Waals surface area (Å²) < 4.78 is 0. The Morgan fingerprint density at radius 3 is 2.50 bits per heavy atom. The maximum Gasteiger partial charge on any atom is 0.147 e. The van der Waals surface area contributed by atoms with Gasteiger partial charge in [0.25, 0.3) is 0 Å². The second kappa shape index (κ2) is 5.46.